The Balaban J connectivity index is 1.63. The molecule has 0 radical (unpaired) electrons. The van der Waals surface area contributed by atoms with Crippen molar-refractivity contribution in [3.05, 3.63) is 0 Å². The molecular weight excluding hydrogens is 232 g/mol. The zero-order chi connectivity index (χ0) is 13.9. The molecule has 1 saturated heterocycles. The Bertz CT molecular complexity index is 266. The molecule has 1 aliphatic heterocycles. The number of nitrogens with zero attached hydrogens (tertiary/aromatic N) is 1. The van der Waals surface area contributed by atoms with E-state index < -0.39 is 0 Å². The quantitative estimate of drug-likeness (QED) is 0.837. The maximum atomic E-state index is 3.85. The van der Waals surface area contributed by atoms with E-state index in [0.717, 1.165) is 17.9 Å². The van der Waals surface area contributed by atoms with Crippen LogP contribution in [0.2, 0.25) is 0 Å². The number of rotatable bonds is 4. The van der Waals surface area contributed by atoms with Crippen molar-refractivity contribution in [2.24, 2.45) is 17.3 Å². The first-order valence-corrected chi connectivity index (χ1v) is 8.38. The van der Waals surface area contributed by atoms with E-state index >= 15 is 0 Å². The molecule has 1 aliphatic carbocycles. The highest BCUT2D eigenvalue weighted by atomic mass is 15.1. The fourth-order valence-electron chi connectivity index (χ4n) is 4.07. The highest BCUT2D eigenvalue weighted by Crippen LogP contribution is 2.38. The number of piperidine rings is 1. The topological polar surface area (TPSA) is 15.3 Å². The lowest BCUT2D eigenvalue weighted by Crippen LogP contribution is -2.42. The second kappa shape index (κ2) is 6.58. The van der Waals surface area contributed by atoms with Gasteiger partial charge in [-0.2, -0.15) is 0 Å². The van der Waals surface area contributed by atoms with Crippen LogP contribution in [0.1, 0.15) is 59.3 Å². The maximum absolute atomic E-state index is 3.85. The zero-order valence-corrected chi connectivity index (χ0v) is 13.5. The number of likely N-dealkylation sites (tertiary alicyclic amines) is 1. The van der Waals surface area contributed by atoms with Crippen molar-refractivity contribution in [2.75, 3.05) is 26.7 Å². The summed E-state index contributed by atoms with van der Waals surface area (Å²) in [5.74, 6) is 1.82. The van der Waals surface area contributed by atoms with Crippen LogP contribution in [-0.2, 0) is 0 Å². The largest absolute Gasteiger partial charge is 0.314 e. The number of hydrogen-bond donors (Lipinski definition) is 1. The van der Waals surface area contributed by atoms with Crippen molar-refractivity contribution in [1.29, 1.82) is 0 Å². The van der Waals surface area contributed by atoms with Crippen molar-refractivity contribution in [2.45, 2.75) is 65.3 Å². The Hall–Kier alpha value is -0.0800. The van der Waals surface area contributed by atoms with Crippen molar-refractivity contribution in [1.82, 2.24) is 10.2 Å². The minimum absolute atomic E-state index is 0.575. The monoisotopic (exact) mass is 266 g/mol. The summed E-state index contributed by atoms with van der Waals surface area (Å²) >= 11 is 0. The van der Waals surface area contributed by atoms with Crippen LogP contribution in [0.15, 0.2) is 0 Å². The molecule has 1 N–H and O–H groups in total. The molecule has 2 aliphatic rings. The lowest BCUT2D eigenvalue weighted by atomic mass is 9.70. The summed E-state index contributed by atoms with van der Waals surface area (Å²) in [6.45, 7) is 11.1. The van der Waals surface area contributed by atoms with E-state index in [1.165, 1.54) is 58.2 Å². The molecule has 0 bridgehead atoms. The van der Waals surface area contributed by atoms with Crippen molar-refractivity contribution < 1.29 is 0 Å². The van der Waals surface area contributed by atoms with Gasteiger partial charge in [0.25, 0.3) is 0 Å². The molecule has 1 heterocycles. The molecule has 19 heavy (non-hydrogen) atoms. The normalized spacial score (nSPS) is 33.5. The van der Waals surface area contributed by atoms with Crippen LogP contribution in [0.25, 0.3) is 0 Å². The van der Waals surface area contributed by atoms with Gasteiger partial charge in [-0.25, -0.2) is 0 Å². The summed E-state index contributed by atoms with van der Waals surface area (Å²) in [5, 5.41) is 3.85. The molecule has 1 saturated carbocycles. The maximum Gasteiger partial charge on any atom is 0.00930 e. The third-order valence-electron chi connectivity index (χ3n) is 5.49. The molecule has 0 aromatic carbocycles. The van der Waals surface area contributed by atoms with Crippen LogP contribution in [0.5, 0.6) is 0 Å². The van der Waals surface area contributed by atoms with E-state index in [-0.39, 0.29) is 0 Å². The Morgan fingerprint density at radius 1 is 1.16 bits per heavy atom. The fourth-order valence-corrected chi connectivity index (χ4v) is 4.07. The Morgan fingerprint density at radius 2 is 1.84 bits per heavy atom. The summed E-state index contributed by atoms with van der Waals surface area (Å²) in [6.07, 6.45) is 8.36. The second-order valence-corrected chi connectivity index (χ2v) is 7.98. The van der Waals surface area contributed by atoms with Crippen LogP contribution < -0.4 is 5.32 Å². The predicted octanol–water partition coefficient (Wildman–Crippen LogP) is 3.52. The molecule has 2 heteroatoms. The van der Waals surface area contributed by atoms with Gasteiger partial charge in [0.15, 0.2) is 0 Å². The highest BCUT2D eigenvalue weighted by molar-refractivity contribution is 4.87. The first-order valence-electron chi connectivity index (χ1n) is 8.38. The molecule has 2 atom stereocenters. The summed E-state index contributed by atoms with van der Waals surface area (Å²) in [4.78, 5) is 2.47. The van der Waals surface area contributed by atoms with Gasteiger partial charge in [-0.05, 0) is 82.5 Å². The van der Waals surface area contributed by atoms with E-state index in [0.29, 0.717) is 5.41 Å². The Labute approximate surface area is 120 Å². The second-order valence-electron chi connectivity index (χ2n) is 7.98. The van der Waals surface area contributed by atoms with Crippen LogP contribution in [0.3, 0.4) is 0 Å². The van der Waals surface area contributed by atoms with Gasteiger partial charge in [-0.1, -0.05) is 20.8 Å². The zero-order valence-electron chi connectivity index (χ0n) is 13.5. The van der Waals surface area contributed by atoms with Gasteiger partial charge < -0.3 is 10.2 Å². The van der Waals surface area contributed by atoms with Gasteiger partial charge in [0.1, 0.15) is 0 Å². The van der Waals surface area contributed by atoms with Gasteiger partial charge in [0.05, 0.1) is 0 Å². The predicted molar refractivity (Wildman–Crippen MR) is 83.4 cm³/mol. The molecule has 0 aromatic heterocycles. The van der Waals surface area contributed by atoms with Gasteiger partial charge in [-0.3, -0.25) is 0 Å². The minimum atomic E-state index is 0.575. The number of hydrogen-bond acceptors (Lipinski definition) is 2. The van der Waals surface area contributed by atoms with Gasteiger partial charge in [0.2, 0.25) is 0 Å². The molecule has 112 valence electrons. The van der Waals surface area contributed by atoms with Crippen LogP contribution >= 0.6 is 0 Å². The Morgan fingerprint density at radius 3 is 2.47 bits per heavy atom. The molecule has 0 spiro atoms. The van der Waals surface area contributed by atoms with E-state index in [2.05, 4.69) is 38.0 Å². The summed E-state index contributed by atoms with van der Waals surface area (Å²) in [7, 11) is 2.25. The smallest absolute Gasteiger partial charge is 0.00930 e. The van der Waals surface area contributed by atoms with E-state index in [9.17, 15) is 0 Å². The molecule has 2 rings (SSSR count). The highest BCUT2D eigenvalue weighted by Gasteiger charge is 2.31. The average molecular weight is 266 g/mol. The lowest BCUT2D eigenvalue weighted by molar-refractivity contribution is 0.145. The lowest BCUT2D eigenvalue weighted by Gasteiger charge is -2.40. The molecule has 2 fully saturated rings. The van der Waals surface area contributed by atoms with Crippen molar-refractivity contribution in [3.63, 3.8) is 0 Å². The average Bonchev–Trinajstić information content (AvgIpc) is 2.34. The molecule has 2 unspecified atom stereocenters. The standard InChI is InChI=1S/C17H34N2/c1-14-13-17(2,3)9-5-16(14)18-10-6-15-7-11-19(4)12-8-15/h14-16,18H,5-13H2,1-4H3. The molecule has 0 amide bonds. The summed E-state index contributed by atoms with van der Waals surface area (Å²) in [5.41, 5.74) is 0.575. The van der Waals surface area contributed by atoms with Crippen LogP contribution in [0, 0.1) is 17.3 Å². The first kappa shape index (κ1) is 15.3. The fraction of sp³-hybridized carbons (Fsp3) is 1.00. The van der Waals surface area contributed by atoms with E-state index in [1.54, 1.807) is 0 Å². The third kappa shape index (κ3) is 4.75. The van der Waals surface area contributed by atoms with Crippen molar-refractivity contribution >= 4 is 0 Å². The van der Waals surface area contributed by atoms with E-state index in [4.69, 9.17) is 0 Å². The first-order chi connectivity index (χ1) is 8.96. The SMILES string of the molecule is CC1CC(C)(C)CCC1NCCC1CCN(C)CC1. The van der Waals surface area contributed by atoms with Crippen LogP contribution in [-0.4, -0.2) is 37.6 Å². The summed E-state index contributed by atoms with van der Waals surface area (Å²) < 4.78 is 0. The van der Waals surface area contributed by atoms with E-state index in [1.807, 2.05) is 0 Å². The van der Waals surface area contributed by atoms with Gasteiger partial charge in [0, 0.05) is 6.04 Å². The van der Waals surface area contributed by atoms with Gasteiger partial charge >= 0.3 is 0 Å². The Kier molecular flexibility index (Phi) is 5.30. The molecular formula is C17H34N2. The van der Waals surface area contributed by atoms with Crippen LogP contribution in [0.4, 0.5) is 0 Å². The van der Waals surface area contributed by atoms with Crippen molar-refractivity contribution in [3.8, 4) is 0 Å². The molecule has 2 nitrogen and oxygen atoms in total. The summed E-state index contributed by atoms with van der Waals surface area (Å²) in [6, 6.07) is 0.777. The number of nitrogens with one attached hydrogen (secondary N) is 1. The molecule has 0 aromatic rings. The van der Waals surface area contributed by atoms with Gasteiger partial charge in [-0.15, -0.1) is 0 Å². The minimum Gasteiger partial charge on any atom is -0.314 e. The third-order valence-corrected chi connectivity index (χ3v) is 5.49.